The molecule has 11 heteroatoms. The summed E-state index contributed by atoms with van der Waals surface area (Å²) in [6, 6.07) is 8.81. The first-order valence-electron chi connectivity index (χ1n) is 9.94. The van der Waals surface area contributed by atoms with Crippen molar-refractivity contribution in [3.8, 4) is 28.9 Å². The van der Waals surface area contributed by atoms with E-state index in [1.165, 1.54) is 24.3 Å². The minimum atomic E-state index is -2.27. The summed E-state index contributed by atoms with van der Waals surface area (Å²) in [7, 11) is -2.27. The van der Waals surface area contributed by atoms with Crippen molar-refractivity contribution < 1.29 is 18.3 Å². The van der Waals surface area contributed by atoms with Crippen molar-refractivity contribution in [1.82, 2.24) is 9.97 Å². The molecule has 1 atom stereocenters. The average molecular weight is 471 g/mol. The van der Waals surface area contributed by atoms with Gasteiger partial charge in [0, 0.05) is 41.7 Å². The Hall–Kier alpha value is -3.78. The Balaban J connectivity index is 1.78. The second-order valence-corrected chi connectivity index (χ2v) is 9.99. The van der Waals surface area contributed by atoms with E-state index < -0.39 is 21.3 Å². The monoisotopic (exact) mass is 470 g/mol. The first-order valence-corrected chi connectivity index (χ1v) is 12.1. The zero-order valence-electron chi connectivity index (χ0n) is 17.6. The normalized spacial score (nSPS) is 14.7. The van der Waals surface area contributed by atoms with Crippen LogP contribution in [0.1, 0.15) is 12.0 Å². The first-order chi connectivity index (χ1) is 15.8. The Morgan fingerprint density at radius 3 is 2.79 bits per heavy atom. The van der Waals surface area contributed by atoms with Crippen LogP contribution in [0.5, 0.6) is 11.6 Å². The quantitative estimate of drug-likeness (QED) is 0.507. The van der Waals surface area contributed by atoms with Gasteiger partial charge < -0.3 is 14.8 Å². The number of hydrogen-bond donors (Lipinski definition) is 2. The van der Waals surface area contributed by atoms with E-state index in [4.69, 9.17) is 19.5 Å². The zero-order chi connectivity index (χ0) is 23.4. The van der Waals surface area contributed by atoms with Crippen LogP contribution >= 0.6 is 0 Å². The van der Waals surface area contributed by atoms with E-state index in [1.54, 1.807) is 24.6 Å². The first kappa shape index (κ1) is 22.4. The maximum Gasteiger partial charge on any atom is 0.215 e. The standard InChI is InChI=1S/C22H20F2N6O2S/c1-33(26,28-13-25)12-14-7-21-29-20-10-17(18(24)11-27-20)16-4-3-15(23)9-19(16)31-5-2-6-32-22(8-14)30-21/h3-4,7-11,26H,2,5-6,12H2,1H3,(H,27,29,30). The van der Waals surface area contributed by atoms with Crippen LogP contribution in [0.25, 0.3) is 11.1 Å². The van der Waals surface area contributed by atoms with E-state index in [0.717, 1.165) is 6.20 Å². The number of nitrogens with zero attached hydrogens (tertiary/aromatic N) is 4. The molecule has 1 aromatic carbocycles. The molecule has 0 amide bonds. The number of hydrogen-bond acceptors (Lipinski definition) is 8. The van der Waals surface area contributed by atoms with Gasteiger partial charge in [0.25, 0.3) is 0 Å². The molecule has 0 radical (unpaired) electrons. The summed E-state index contributed by atoms with van der Waals surface area (Å²) in [5, 5.41) is 11.9. The number of benzene rings is 1. The van der Waals surface area contributed by atoms with Gasteiger partial charge in [0.1, 0.15) is 29.0 Å². The van der Waals surface area contributed by atoms with Crippen LogP contribution in [0.2, 0.25) is 0 Å². The van der Waals surface area contributed by atoms with E-state index in [9.17, 15) is 8.78 Å². The number of nitriles is 1. The molecule has 170 valence electrons. The highest BCUT2D eigenvalue weighted by molar-refractivity contribution is 7.93. The van der Waals surface area contributed by atoms with Crippen LogP contribution in [0, 0.1) is 27.9 Å². The van der Waals surface area contributed by atoms with E-state index in [2.05, 4.69) is 19.6 Å². The topological polar surface area (TPSA) is 116 Å². The minimum absolute atomic E-state index is 0.197. The molecule has 2 aromatic heterocycles. The number of ether oxygens (including phenoxy) is 2. The number of halogens is 2. The molecule has 8 nitrogen and oxygen atoms in total. The summed E-state index contributed by atoms with van der Waals surface area (Å²) < 4.78 is 52.0. The van der Waals surface area contributed by atoms with Crippen LogP contribution in [0.3, 0.4) is 0 Å². The fourth-order valence-electron chi connectivity index (χ4n) is 3.33. The third-order valence-corrected chi connectivity index (χ3v) is 6.07. The lowest BCUT2D eigenvalue weighted by atomic mass is 10.0. The lowest BCUT2D eigenvalue weighted by Gasteiger charge is -2.16. The fraction of sp³-hybridized carbons (Fsp3) is 0.227. The third-order valence-electron chi connectivity index (χ3n) is 4.69. The third kappa shape index (κ3) is 5.53. The molecular weight excluding hydrogens is 450 g/mol. The second kappa shape index (κ2) is 9.38. The van der Waals surface area contributed by atoms with Crippen molar-refractivity contribution in [3.63, 3.8) is 0 Å². The molecule has 0 aliphatic carbocycles. The van der Waals surface area contributed by atoms with Crippen LogP contribution < -0.4 is 14.8 Å². The van der Waals surface area contributed by atoms with Gasteiger partial charge in [-0.25, -0.2) is 13.8 Å². The number of pyridine rings is 2. The lowest BCUT2D eigenvalue weighted by molar-refractivity contribution is 0.242. The van der Waals surface area contributed by atoms with Gasteiger partial charge >= 0.3 is 0 Å². The van der Waals surface area contributed by atoms with Gasteiger partial charge in [0.2, 0.25) is 12.1 Å². The van der Waals surface area contributed by atoms with Crippen LogP contribution in [-0.2, 0) is 15.4 Å². The summed E-state index contributed by atoms with van der Waals surface area (Å²) in [5.74, 6) is 0.385. The molecule has 33 heavy (non-hydrogen) atoms. The summed E-state index contributed by atoms with van der Waals surface area (Å²) in [4.78, 5) is 8.50. The summed E-state index contributed by atoms with van der Waals surface area (Å²) in [5.41, 5.74) is 1.30. The number of anilines is 2. The molecule has 0 spiro atoms. The van der Waals surface area contributed by atoms with E-state index >= 15 is 0 Å². The SMILES string of the molecule is CS(=N)(Cc1cc2nc(c1)OCCCOc1cc(F)ccc1-c1cc(ncc1F)N2)=NC#N. The number of rotatable bonds is 2. The molecule has 1 unspecified atom stereocenters. The minimum Gasteiger partial charge on any atom is -0.493 e. The van der Waals surface area contributed by atoms with Crippen LogP contribution in [-0.4, -0.2) is 29.4 Å². The number of nitrogens with one attached hydrogen (secondary N) is 2. The molecule has 0 saturated carbocycles. The van der Waals surface area contributed by atoms with Gasteiger partial charge in [-0.1, -0.05) is 0 Å². The zero-order valence-corrected chi connectivity index (χ0v) is 18.5. The highest BCUT2D eigenvalue weighted by Gasteiger charge is 2.16. The molecule has 0 fully saturated rings. The predicted molar refractivity (Wildman–Crippen MR) is 120 cm³/mol. The largest absolute Gasteiger partial charge is 0.493 e. The highest BCUT2D eigenvalue weighted by atomic mass is 32.2. The molecular formula is C22H20F2N6O2S. The molecule has 3 aromatic rings. The van der Waals surface area contributed by atoms with Gasteiger partial charge in [-0.2, -0.15) is 10.2 Å². The maximum absolute atomic E-state index is 14.7. The number of aromatic nitrogens is 2. The second-order valence-electron chi connectivity index (χ2n) is 7.44. The van der Waals surface area contributed by atoms with Gasteiger partial charge in [0.05, 0.1) is 19.4 Å². The van der Waals surface area contributed by atoms with Crippen molar-refractivity contribution in [2.45, 2.75) is 12.2 Å². The van der Waals surface area contributed by atoms with Gasteiger partial charge in [-0.05, 0) is 39.4 Å². The Labute approximate surface area is 189 Å². The molecule has 4 rings (SSSR count). The van der Waals surface area contributed by atoms with Gasteiger partial charge in [-0.3, -0.25) is 4.78 Å². The van der Waals surface area contributed by atoms with Crippen molar-refractivity contribution in [2.24, 2.45) is 4.36 Å². The molecule has 1 aliphatic rings. The average Bonchev–Trinajstić information content (AvgIpc) is 2.74. The summed E-state index contributed by atoms with van der Waals surface area (Å²) >= 11 is 0. The van der Waals surface area contributed by atoms with Crippen LogP contribution in [0.4, 0.5) is 20.4 Å². The highest BCUT2D eigenvalue weighted by Crippen LogP contribution is 2.34. The Morgan fingerprint density at radius 1 is 1.15 bits per heavy atom. The maximum atomic E-state index is 14.7. The summed E-state index contributed by atoms with van der Waals surface area (Å²) in [6.07, 6.45) is 4.85. The lowest BCUT2D eigenvalue weighted by Crippen LogP contribution is -2.09. The van der Waals surface area contributed by atoms with Crippen molar-refractivity contribution in [1.29, 1.82) is 10.0 Å². The fourth-order valence-corrected chi connectivity index (χ4v) is 4.39. The van der Waals surface area contributed by atoms with Crippen molar-refractivity contribution >= 4 is 21.3 Å². The van der Waals surface area contributed by atoms with Crippen molar-refractivity contribution in [2.75, 3.05) is 24.8 Å². The molecule has 1 aliphatic heterocycles. The van der Waals surface area contributed by atoms with Crippen LogP contribution in [0.15, 0.2) is 47.0 Å². The van der Waals surface area contributed by atoms with Gasteiger partial charge in [0.15, 0.2) is 0 Å². The van der Waals surface area contributed by atoms with E-state index in [0.29, 0.717) is 35.1 Å². The predicted octanol–water partition coefficient (Wildman–Crippen LogP) is 5.04. The van der Waals surface area contributed by atoms with E-state index in [-0.39, 0.29) is 30.3 Å². The molecule has 2 N–H and O–H groups in total. The Bertz CT molecular complexity index is 1370. The molecule has 0 saturated heterocycles. The Morgan fingerprint density at radius 2 is 1.97 bits per heavy atom. The Kier molecular flexibility index (Phi) is 6.37. The number of fused-ring (bicyclic) bond motifs is 6. The van der Waals surface area contributed by atoms with Gasteiger partial charge in [-0.15, -0.1) is 4.36 Å². The van der Waals surface area contributed by atoms with E-state index in [1.807, 2.05) is 0 Å². The molecule has 3 heterocycles. The smallest absolute Gasteiger partial charge is 0.215 e. The molecule has 4 bridgehead atoms. The van der Waals surface area contributed by atoms with Crippen molar-refractivity contribution in [3.05, 3.63) is 59.8 Å². The summed E-state index contributed by atoms with van der Waals surface area (Å²) in [6.45, 7) is 0.489.